The number of aromatic amines is 1. The average molecular weight is 371 g/mol. The number of rotatable bonds is 3. The largest absolute Gasteiger partial charge is 0.393 e. The second kappa shape index (κ2) is 7.08. The fourth-order valence-electron chi connectivity index (χ4n) is 3.57. The molecule has 1 saturated carbocycles. The molecule has 27 heavy (non-hydrogen) atoms. The topological polar surface area (TPSA) is 78.0 Å². The van der Waals surface area contributed by atoms with Crippen LogP contribution in [0.3, 0.4) is 0 Å². The first-order valence-corrected chi connectivity index (χ1v) is 8.93. The molecule has 1 amide bonds. The summed E-state index contributed by atoms with van der Waals surface area (Å²) in [6.45, 7) is 0. The molecule has 0 unspecified atom stereocenters. The maximum Gasteiger partial charge on any atom is 0.251 e. The molecule has 1 fully saturated rings. The number of nitrogens with one attached hydrogen (secondary N) is 2. The minimum atomic E-state index is -0.594. The van der Waals surface area contributed by atoms with E-state index in [0.717, 1.165) is 6.20 Å². The lowest BCUT2D eigenvalue weighted by molar-refractivity contribution is 0.0867. The number of hydrogen-bond acceptors (Lipinski definition) is 3. The van der Waals surface area contributed by atoms with Gasteiger partial charge in [-0.3, -0.25) is 9.78 Å². The van der Waals surface area contributed by atoms with Gasteiger partial charge >= 0.3 is 0 Å². The molecule has 0 atom stereocenters. The minimum absolute atomic E-state index is 0.0121. The van der Waals surface area contributed by atoms with E-state index in [0.29, 0.717) is 36.8 Å². The summed E-state index contributed by atoms with van der Waals surface area (Å²) in [5, 5.41) is 12.9. The van der Waals surface area contributed by atoms with Crippen molar-refractivity contribution in [1.29, 1.82) is 0 Å². The van der Waals surface area contributed by atoms with Gasteiger partial charge in [-0.15, -0.1) is 0 Å². The van der Waals surface area contributed by atoms with Crippen LogP contribution in [0, 0.1) is 11.6 Å². The molecule has 3 aromatic rings. The number of aromatic nitrogens is 2. The zero-order valence-corrected chi connectivity index (χ0v) is 14.5. The van der Waals surface area contributed by atoms with Gasteiger partial charge in [0.25, 0.3) is 5.91 Å². The number of halogens is 2. The van der Waals surface area contributed by atoms with E-state index in [1.807, 2.05) is 0 Å². The number of aliphatic hydroxyl groups is 1. The van der Waals surface area contributed by atoms with Crippen molar-refractivity contribution >= 4 is 16.8 Å². The van der Waals surface area contributed by atoms with Crippen LogP contribution in [-0.2, 0) is 0 Å². The van der Waals surface area contributed by atoms with E-state index in [-0.39, 0.29) is 34.7 Å². The number of pyridine rings is 1. The minimum Gasteiger partial charge on any atom is -0.393 e. The van der Waals surface area contributed by atoms with Crippen LogP contribution >= 0.6 is 0 Å². The van der Waals surface area contributed by atoms with Crippen molar-refractivity contribution in [3.8, 4) is 11.3 Å². The molecule has 5 nitrogen and oxygen atoms in total. The van der Waals surface area contributed by atoms with Gasteiger partial charge in [0.15, 0.2) is 5.82 Å². The van der Waals surface area contributed by atoms with E-state index < -0.39 is 11.6 Å². The van der Waals surface area contributed by atoms with Crippen LogP contribution in [-0.4, -0.2) is 33.1 Å². The second-order valence-corrected chi connectivity index (χ2v) is 6.89. The number of carbonyl (C=O) groups is 1. The number of nitrogens with zero attached hydrogens (tertiary/aromatic N) is 1. The molecule has 140 valence electrons. The van der Waals surface area contributed by atoms with Crippen molar-refractivity contribution in [2.24, 2.45) is 0 Å². The molecule has 4 rings (SSSR count). The molecule has 0 radical (unpaired) electrons. The van der Waals surface area contributed by atoms with Crippen molar-refractivity contribution in [3.05, 3.63) is 53.9 Å². The summed E-state index contributed by atoms with van der Waals surface area (Å²) in [5.41, 5.74) is 1.01. The van der Waals surface area contributed by atoms with Gasteiger partial charge in [-0.25, -0.2) is 8.78 Å². The predicted molar refractivity (Wildman–Crippen MR) is 97.2 cm³/mol. The normalized spacial score (nSPS) is 20.0. The Balaban J connectivity index is 1.58. The third-order valence-electron chi connectivity index (χ3n) is 5.07. The van der Waals surface area contributed by atoms with Crippen molar-refractivity contribution in [2.45, 2.75) is 37.8 Å². The number of carbonyl (C=O) groups excluding carboxylic acids is 1. The average Bonchev–Trinajstić information content (AvgIpc) is 3.15. The molecule has 1 aliphatic rings. The third-order valence-corrected chi connectivity index (χ3v) is 5.07. The Morgan fingerprint density at radius 2 is 1.93 bits per heavy atom. The zero-order valence-electron chi connectivity index (χ0n) is 14.5. The van der Waals surface area contributed by atoms with Crippen LogP contribution in [0.15, 0.2) is 36.7 Å². The Morgan fingerprint density at radius 1 is 1.15 bits per heavy atom. The number of hydrogen-bond donors (Lipinski definition) is 3. The zero-order chi connectivity index (χ0) is 19.0. The Hall–Kier alpha value is -2.80. The van der Waals surface area contributed by atoms with Crippen molar-refractivity contribution in [3.63, 3.8) is 0 Å². The summed E-state index contributed by atoms with van der Waals surface area (Å²) < 4.78 is 28.5. The third kappa shape index (κ3) is 3.42. The van der Waals surface area contributed by atoms with Gasteiger partial charge in [-0.2, -0.15) is 0 Å². The second-order valence-electron chi connectivity index (χ2n) is 6.89. The van der Waals surface area contributed by atoms with E-state index >= 15 is 0 Å². The summed E-state index contributed by atoms with van der Waals surface area (Å²) in [6.07, 6.45) is 5.04. The monoisotopic (exact) mass is 371 g/mol. The molecular formula is C20H19F2N3O2. The SMILES string of the molecule is O=C(N[C@H]1CC[C@H](O)CC1)c1ccc(-c2ncc(F)c3[nH]ccc23)c(F)c1. The van der Waals surface area contributed by atoms with E-state index in [9.17, 15) is 18.7 Å². The Morgan fingerprint density at radius 3 is 2.67 bits per heavy atom. The Labute approximate surface area is 154 Å². The number of benzene rings is 1. The number of fused-ring (bicyclic) bond motifs is 1. The first-order valence-electron chi connectivity index (χ1n) is 8.93. The van der Waals surface area contributed by atoms with Crippen molar-refractivity contribution in [2.75, 3.05) is 0 Å². The van der Waals surface area contributed by atoms with Gasteiger partial charge in [0.1, 0.15) is 5.82 Å². The van der Waals surface area contributed by atoms with E-state index in [1.54, 1.807) is 12.3 Å². The number of H-pyrrole nitrogens is 1. The Kier molecular flexibility index (Phi) is 4.61. The van der Waals surface area contributed by atoms with Crippen molar-refractivity contribution < 1.29 is 18.7 Å². The van der Waals surface area contributed by atoms with E-state index in [1.165, 1.54) is 18.2 Å². The standard InChI is InChI=1S/C20H19F2N3O2/c21-16-9-11(20(27)25-12-2-4-13(26)5-3-12)1-6-14(16)18-15-7-8-23-19(15)17(22)10-24-18/h1,6-10,12-13,23,26H,2-5H2,(H,25,27)/t12-,13-. The molecule has 3 N–H and O–H groups in total. The van der Waals surface area contributed by atoms with Crippen LogP contribution in [0.25, 0.3) is 22.2 Å². The molecule has 2 heterocycles. The highest BCUT2D eigenvalue weighted by Gasteiger charge is 2.22. The van der Waals surface area contributed by atoms with Gasteiger partial charge in [0.2, 0.25) is 0 Å². The fourth-order valence-corrected chi connectivity index (χ4v) is 3.57. The Bertz CT molecular complexity index is 994. The summed E-state index contributed by atoms with van der Waals surface area (Å²) >= 11 is 0. The summed E-state index contributed by atoms with van der Waals surface area (Å²) in [6, 6.07) is 5.82. The van der Waals surface area contributed by atoms with Crippen LogP contribution in [0.4, 0.5) is 8.78 Å². The molecule has 7 heteroatoms. The molecule has 2 aromatic heterocycles. The van der Waals surface area contributed by atoms with Crippen LogP contribution < -0.4 is 5.32 Å². The lowest BCUT2D eigenvalue weighted by Crippen LogP contribution is -2.38. The molecule has 0 saturated heterocycles. The highest BCUT2D eigenvalue weighted by atomic mass is 19.1. The van der Waals surface area contributed by atoms with Gasteiger partial charge in [0.05, 0.1) is 23.5 Å². The molecule has 1 aromatic carbocycles. The van der Waals surface area contributed by atoms with Crippen molar-refractivity contribution in [1.82, 2.24) is 15.3 Å². The quantitative estimate of drug-likeness (QED) is 0.659. The molecule has 0 spiro atoms. The first kappa shape index (κ1) is 17.6. The smallest absolute Gasteiger partial charge is 0.251 e. The number of amides is 1. The fraction of sp³-hybridized carbons (Fsp3) is 0.300. The summed E-state index contributed by atoms with van der Waals surface area (Å²) in [4.78, 5) is 19.2. The van der Waals surface area contributed by atoms with Crippen LogP contribution in [0.2, 0.25) is 0 Å². The predicted octanol–water partition coefficient (Wildman–Crippen LogP) is 3.54. The lowest BCUT2D eigenvalue weighted by atomic mass is 9.93. The maximum absolute atomic E-state index is 14.7. The molecule has 1 aliphatic carbocycles. The van der Waals surface area contributed by atoms with Crippen LogP contribution in [0.5, 0.6) is 0 Å². The highest BCUT2D eigenvalue weighted by molar-refractivity contribution is 5.96. The lowest BCUT2D eigenvalue weighted by Gasteiger charge is -2.26. The summed E-state index contributed by atoms with van der Waals surface area (Å²) in [7, 11) is 0. The molecule has 0 bridgehead atoms. The van der Waals surface area contributed by atoms with E-state index in [2.05, 4.69) is 15.3 Å². The summed E-state index contributed by atoms with van der Waals surface area (Å²) in [5.74, 6) is -1.45. The molecule has 0 aliphatic heterocycles. The molecular weight excluding hydrogens is 352 g/mol. The first-order chi connectivity index (χ1) is 13.0. The van der Waals surface area contributed by atoms with Gasteiger partial charge < -0.3 is 15.4 Å². The van der Waals surface area contributed by atoms with Gasteiger partial charge in [0, 0.05) is 28.8 Å². The maximum atomic E-state index is 14.7. The van der Waals surface area contributed by atoms with Gasteiger partial charge in [-0.1, -0.05) is 0 Å². The van der Waals surface area contributed by atoms with Gasteiger partial charge in [-0.05, 0) is 49.9 Å². The van der Waals surface area contributed by atoms with Crippen LogP contribution in [0.1, 0.15) is 36.0 Å². The van der Waals surface area contributed by atoms with E-state index in [4.69, 9.17) is 0 Å². The highest BCUT2D eigenvalue weighted by Crippen LogP contribution is 2.30. The number of aliphatic hydroxyl groups excluding tert-OH is 1.